The molecule has 0 radical (unpaired) electrons. The van der Waals surface area contributed by atoms with Gasteiger partial charge in [-0.2, -0.15) is 0 Å². The fraction of sp³-hybridized carbons (Fsp3) is 0.154. The van der Waals surface area contributed by atoms with E-state index in [4.69, 9.17) is 16.0 Å². The van der Waals surface area contributed by atoms with Crippen LogP contribution in [0.25, 0.3) is 11.3 Å². The molecule has 2 aromatic rings. The Morgan fingerprint density at radius 1 is 1.40 bits per heavy atom. The van der Waals surface area contributed by atoms with E-state index in [1.165, 1.54) is 24.3 Å². The number of nitro groups is 1. The lowest BCUT2D eigenvalue weighted by Gasteiger charge is -2.01. The molecule has 1 heterocycles. The van der Waals surface area contributed by atoms with Crippen molar-refractivity contribution in [2.24, 2.45) is 0 Å². The number of hydrogen-bond donors (Lipinski definition) is 1. The van der Waals surface area contributed by atoms with Crippen LogP contribution in [0.1, 0.15) is 17.5 Å². The maximum Gasteiger partial charge on any atom is 0.287 e. The normalized spacial score (nSPS) is 10.3. The van der Waals surface area contributed by atoms with E-state index in [0.29, 0.717) is 17.9 Å². The second-order valence-electron chi connectivity index (χ2n) is 3.94. The highest BCUT2D eigenvalue weighted by molar-refractivity contribution is 6.33. The van der Waals surface area contributed by atoms with E-state index in [1.54, 1.807) is 13.0 Å². The summed E-state index contributed by atoms with van der Waals surface area (Å²) >= 11 is 5.99. The lowest BCUT2D eigenvalue weighted by atomic mass is 10.1. The first-order valence-corrected chi connectivity index (χ1v) is 6.23. The zero-order valence-corrected chi connectivity index (χ0v) is 11.3. The third-order valence-electron chi connectivity index (χ3n) is 2.60. The molecule has 0 bridgehead atoms. The number of rotatable bonds is 4. The molecule has 20 heavy (non-hydrogen) atoms. The molecule has 6 nitrogen and oxygen atoms in total. The molecule has 0 aliphatic rings. The monoisotopic (exact) mass is 294 g/mol. The summed E-state index contributed by atoms with van der Waals surface area (Å²) in [7, 11) is 0. The Morgan fingerprint density at radius 2 is 2.15 bits per heavy atom. The van der Waals surface area contributed by atoms with Crippen LogP contribution in [0.2, 0.25) is 5.02 Å². The molecule has 0 atom stereocenters. The van der Waals surface area contributed by atoms with E-state index >= 15 is 0 Å². The van der Waals surface area contributed by atoms with E-state index in [9.17, 15) is 14.9 Å². The van der Waals surface area contributed by atoms with Gasteiger partial charge in [0.05, 0.1) is 9.95 Å². The Balaban J connectivity index is 2.33. The average Bonchev–Trinajstić information content (AvgIpc) is 2.88. The summed E-state index contributed by atoms with van der Waals surface area (Å²) in [6.07, 6.45) is 0. The van der Waals surface area contributed by atoms with Gasteiger partial charge in [-0.05, 0) is 25.1 Å². The molecular weight excluding hydrogens is 284 g/mol. The van der Waals surface area contributed by atoms with Gasteiger partial charge in [0.15, 0.2) is 5.76 Å². The number of non-ortho nitro benzene ring substituents is 1. The number of nitrogens with one attached hydrogen (secondary N) is 1. The van der Waals surface area contributed by atoms with Crippen molar-refractivity contribution in [3.05, 3.63) is 51.2 Å². The van der Waals surface area contributed by atoms with Gasteiger partial charge in [-0.15, -0.1) is 0 Å². The molecule has 1 N–H and O–H groups in total. The van der Waals surface area contributed by atoms with Crippen molar-refractivity contribution in [1.82, 2.24) is 5.32 Å². The van der Waals surface area contributed by atoms with Crippen molar-refractivity contribution in [2.45, 2.75) is 6.92 Å². The van der Waals surface area contributed by atoms with Gasteiger partial charge in [0.1, 0.15) is 5.76 Å². The lowest BCUT2D eigenvalue weighted by Crippen LogP contribution is -2.21. The number of carbonyl (C=O) groups excluding carboxylic acids is 1. The summed E-state index contributed by atoms with van der Waals surface area (Å²) < 4.78 is 5.40. The number of benzene rings is 1. The smallest absolute Gasteiger partial charge is 0.287 e. The quantitative estimate of drug-likeness (QED) is 0.692. The summed E-state index contributed by atoms with van der Waals surface area (Å²) in [6.45, 7) is 2.29. The van der Waals surface area contributed by atoms with Gasteiger partial charge in [0.25, 0.3) is 11.6 Å². The second-order valence-corrected chi connectivity index (χ2v) is 4.35. The maximum absolute atomic E-state index is 11.6. The van der Waals surface area contributed by atoms with Gasteiger partial charge >= 0.3 is 0 Å². The molecule has 1 aromatic carbocycles. The van der Waals surface area contributed by atoms with Crippen molar-refractivity contribution in [1.29, 1.82) is 0 Å². The van der Waals surface area contributed by atoms with E-state index < -0.39 is 4.92 Å². The Hall–Kier alpha value is -2.34. The molecule has 0 saturated carbocycles. The molecular formula is C13H11ClN2O4. The predicted molar refractivity (Wildman–Crippen MR) is 73.8 cm³/mol. The van der Waals surface area contributed by atoms with E-state index in [1.807, 2.05) is 0 Å². The number of amides is 1. The maximum atomic E-state index is 11.6. The molecule has 0 aliphatic carbocycles. The SMILES string of the molecule is CCNC(=O)c1ccc(-c2ccc([N+](=O)[O-])cc2Cl)o1. The van der Waals surface area contributed by atoms with Gasteiger partial charge in [-0.1, -0.05) is 11.6 Å². The number of furan rings is 1. The third kappa shape index (κ3) is 2.80. The van der Waals surface area contributed by atoms with E-state index in [0.717, 1.165) is 0 Å². The Kier molecular flexibility index (Phi) is 4.05. The number of carbonyl (C=O) groups is 1. The van der Waals surface area contributed by atoms with Crippen LogP contribution >= 0.6 is 11.6 Å². The number of nitrogens with zero attached hydrogens (tertiary/aromatic N) is 1. The lowest BCUT2D eigenvalue weighted by molar-refractivity contribution is -0.384. The largest absolute Gasteiger partial charge is 0.451 e. The first-order valence-electron chi connectivity index (χ1n) is 5.85. The van der Waals surface area contributed by atoms with Crippen LogP contribution in [-0.4, -0.2) is 17.4 Å². The molecule has 0 saturated heterocycles. The number of hydrogen-bond acceptors (Lipinski definition) is 4. The minimum Gasteiger partial charge on any atom is -0.451 e. The third-order valence-corrected chi connectivity index (χ3v) is 2.91. The topological polar surface area (TPSA) is 85.4 Å². The van der Waals surface area contributed by atoms with Crippen LogP contribution < -0.4 is 5.32 Å². The molecule has 0 aliphatic heterocycles. The van der Waals surface area contributed by atoms with E-state index in [-0.39, 0.29) is 22.4 Å². The Bertz CT molecular complexity index is 666. The molecule has 0 spiro atoms. The zero-order valence-electron chi connectivity index (χ0n) is 10.6. The summed E-state index contributed by atoms with van der Waals surface area (Å²) in [5.74, 6) is 0.221. The van der Waals surface area contributed by atoms with Crippen LogP contribution in [0.15, 0.2) is 34.7 Å². The standard InChI is InChI=1S/C13H11ClN2O4/c1-2-15-13(17)12-6-5-11(20-12)9-4-3-8(16(18)19)7-10(9)14/h3-7H,2H2,1H3,(H,15,17). The van der Waals surface area contributed by atoms with Crippen molar-refractivity contribution in [2.75, 3.05) is 6.54 Å². The van der Waals surface area contributed by atoms with Crippen LogP contribution in [0, 0.1) is 10.1 Å². The number of halogens is 1. The first-order chi connectivity index (χ1) is 9.52. The summed E-state index contributed by atoms with van der Waals surface area (Å²) in [5.41, 5.74) is 0.391. The molecule has 104 valence electrons. The van der Waals surface area contributed by atoms with Crippen LogP contribution in [0.5, 0.6) is 0 Å². The van der Waals surface area contributed by atoms with Gasteiger partial charge < -0.3 is 9.73 Å². The molecule has 1 aromatic heterocycles. The van der Waals surface area contributed by atoms with Crippen molar-refractivity contribution in [3.8, 4) is 11.3 Å². The molecule has 0 fully saturated rings. The average molecular weight is 295 g/mol. The molecule has 1 amide bonds. The highest BCUT2D eigenvalue weighted by atomic mass is 35.5. The molecule has 0 unspecified atom stereocenters. The molecule has 2 rings (SSSR count). The van der Waals surface area contributed by atoms with Gasteiger partial charge in [-0.25, -0.2) is 0 Å². The second kappa shape index (κ2) is 5.75. The van der Waals surface area contributed by atoms with Crippen LogP contribution in [0.4, 0.5) is 5.69 Å². The van der Waals surface area contributed by atoms with Crippen molar-refractivity contribution in [3.63, 3.8) is 0 Å². The minimum atomic E-state index is -0.530. The van der Waals surface area contributed by atoms with Crippen LogP contribution in [0.3, 0.4) is 0 Å². The summed E-state index contributed by atoms with van der Waals surface area (Å²) in [6, 6.07) is 7.18. The first kappa shape index (κ1) is 14.1. The summed E-state index contributed by atoms with van der Waals surface area (Å²) in [4.78, 5) is 21.7. The van der Waals surface area contributed by atoms with Gasteiger partial charge in [0.2, 0.25) is 0 Å². The van der Waals surface area contributed by atoms with E-state index in [2.05, 4.69) is 5.32 Å². The fourth-order valence-electron chi connectivity index (χ4n) is 1.67. The molecule has 7 heteroatoms. The zero-order chi connectivity index (χ0) is 14.7. The predicted octanol–water partition coefficient (Wildman–Crippen LogP) is 3.26. The van der Waals surface area contributed by atoms with Crippen LogP contribution in [-0.2, 0) is 0 Å². The Morgan fingerprint density at radius 3 is 2.75 bits per heavy atom. The minimum absolute atomic E-state index is 0.103. The van der Waals surface area contributed by atoms with Gasteiger partial charge in [-0.3, -0.25) is 14.9 Å². The highest BCUT2D eigenvalue weighted by Crippen LogP contribution is 2.32. The Labute approximate surface area is 119 Å². The van der Waals surface area contributed by atoms with Crippen molar-refractivity contribution >= 4 is 23.2 Å². The number of nitro benzene ring substituents is 1. The summed E-state index contributed by atoms with van der Waals surface area (Å²) in [5, 5.41) is 13.4. The highest BCUT2D eigenvalue weighted by Gasteiger charge is 2.15. The van der Waals surface area contributed by atoms with Gasteiger partial charge in [0, 0.05) is 24.2 Å². The fourth-order valence-corrected chi connectivity index (χ4v) is 1.94. The van der Waals surface area contributed by atoms with Crippen molar-refractivity contribution < 1.29 is 14.1 Å².